The molecule has 0 saturated carbocycles. The third-order valence-corrected chi connectivity index (χ3v) is 4.84. The Morgan fingerprint density at radius 1 is 1.43 bits per heavy atom. The highest BCUT2D eigenvalue weighted by molar-refractivity contribution is 7.13. The van der Waals surface area contributed by atoms with Crippen molar-refractivity contribution in [3.63, 3.8) is 0 Å². The zero-order valence-electron chi connectivity index (χ0n) is 13.0. The van der Waals surface area contributed by atoms with Gasteiger partial charge in [-0.25, -0.2) is 0 Å². The SMILES string of the molecule is CC(=O)N(CCNc1nsc2ccccc12)C(=O)C1CCCN1. The van der Waals surface area contributed by atoms with Gasteiger partial charge < -0.3 is 10.6 Å². The Hall–Kier alpha value is -1.99. The van der Waals surface area contributed by atoms with E-state index < -0.39 is 0 Å². The first-order chi connectivity index (χ1) is 11.2. The van der Waals surface area contributed by atoms with E-state index in [1.807, 2.05) is 24.3 Å². The molecule has 0 bridgehead atoms. The number of hydrogen-bond donors (Lipinski definition) is 2. The van der Waals surface area contributed by atoms with Crippen molar-refractivity contribution >= 4 is 39.3 Å². The summed E-state index contributed by atoms with van der Waals surface area (Å²) in [7, 11) is 0. The number of imide groups is 1. The largest absolute Gasteiger partial charge is 0.367 e. The highest BCUT2D eigenvalue weighted by Gasteiger charge is 2.28. The molecule has 2 amide bonds. The van der Waals surface area contributed by atoms with Crippen LogP contribution < -0.4 is 10.6 Å². The number of nitrogens with zero attached hydrogens (tertiary/aromatic N) is 2. The predicted molar refractivity (Wildman–Crippen MR) is 91.5 cm³/mol. The first kappa shape index (κ1) is 15.9. The lowest BCUT2D eigenvalue weighted by Crippen LogP contribution is -2.47. The maximum Gasteiger partial charge on any atom is 0.246 e. The van der Waals surface area contributed by atoms with Gasteiger partial charge in [-0.15, -0.1) is 0 Å². The van der Waals surface area contributed by atoms with Gasteiger partial charge in [-0.3, -0.25) is 14.5 Å². The Labute approximate surface area is 139 Å². The van der Waals surface area contributed by atoms with E-state index in [1.54, 1.807) is 0 Å². The van der Waals surface area contributed by atoms with Crippen molar-refractivity contribution in [1.82, 2.24) is 14.6 Å². The number of amides is 2. The number of rotatable bonds is 5. The van der Waals surface area contributed by atoms with Crippen molar-refractivity contribution in [2.24, 2.45) is 0 Å². The summed E-state index contributed by atoms with van der Waals surface area (Å²) in [5.74, 6) is 0.467. The van der Waals surface area contributed by atoms with E-state index in [2.05, 4.69) is 15.0 Å². The third-order valence-electron chi connectivity index (χ3n) is 4.01. The van der Waals surface area contributed by atoms with Gasteiger partial charge in [0.15, 0.2) is 0 Å². The monoisotopic (exact) mass is 332 g/mol. The van der Waals surface area contributed by atoms with E-state index in [0.717, 1.165) is 35.3 Å². The second kappa shape index (κ2) is 7.06. The summed E-state index contributed by atoms with van der Waals surface area (Å²) in [6.45, 7) is 3.11. The van der Waals surface area contributed by atoms with Crippen LogP contribution in [0.1, 0.15) is 19.8 Å². The molecule has 7 heteroatoms. The van der Waals surface area contributed by atoms with Crippen LogP contribution in [0.15, 0.2) is 24.3 Å². The highest BCUT2D eigenvalue weighted by Crippen LogP contribution is 2.25. The minimum atomic E-state index is -0.223. The van der Waals surface area contributed by atoms with E-state index in [-0.39, 0.29) is 17.9 Å². The molecule has 0 spiro atoms. The first-order valence-corrected chi connectivity index (χ1v) is 8.58. The number of nitrogens with one attached hydrogen (secondary N) is 2. The first-order valence-electron chi connectivity index (χ1n) is 7.80. The van der Waals surface area contributed by atoms with Gasteiger partial charge in [0, 0.05) is 25.4 Å². The Bertz CT molecular complexity index is 709. The Morgan fingerprint density at radius 2 is 2.26 bits per heavy atom. The van der Waals surface area contributed by atoms with E-state index in [0.29, 0.717) is 13.1 Å². The molecule has 1 aromatic carbocycles. The summed E-state index contributed by atoms with van der Waals surface area (Å²) in [4.78, 5) is 25.5. The molecule has 0 aliphatic carbocycles. The van der Waals surface area contributed by atoms with E-state index in [9.17, 15) is 9.59 Å². The van der Waals surface area contributed by atoms with Crippen LogP contribution in [0.3, 0.4) is 0 Å². The summed E-state index contributed by atoms with van der Waals surface area (Å²) in [5, 5.41) is 7.44. The molecule has 2 aromatic rings. The minimum Gasteiger partial charge on any atom is -0.367 e. The predicted octanol–water partition coefficient (Wildman–Crippen LogP) is 1.84. The molecular weight excluding hydrogens is 312 g/mol. The topological polar surface area (TPSA) is 74.3 Å². The average Bonchev–Trinajstić information content (AvgIpc) is 3.21. The molecule has 122 valence electrons. The minimum absolute atomic E-state index is 0.125. The molecule has 2 N–H and O–H groups in total. The molecule has 23 heavy (non-hydrogen) atoms. The van der Waals surface area contributed by atoms with Crippen molar-refractivity contribution in [2.75, 3.05) is 25.0 Å². The molecule has 1 unspecified atom stereocenters. The lowest BCUT2D eigenvalue weighted by molar-refractivity contribution is -0.144. The van der Waals surface area contributed by atoms with Crippen LogP contribution in [0, 0.1) is 0 Å². The lowest BCUT2D eigenvalue weighted by atomic mass is 10.2. The summed E-state index contributed by atoms with van der Waals surface area (Å²) in [6, 6.07) is 7.76. The van der Waals surface area contributed by atoms with E-state index in [1.165, 1.54) is 23.4 Å². The molecule has 0 radical (unpaired) electrons. The van der Waals surface area contributed by atoms with Crippen molar-refractivity contribution in [1.29, 1.82) is 0 Å². The standard InChI is InChI=1S/C16H20N4O2S/c1-11(21)20(16(22)13-6-4-8-17-13)10-9-18-15-12-5-2-3-7-14(12)23-19-15/h2-3,5,7,13,17H,4,6,8-10H2,1H3,(H,18,19). The van der Waals surface area contributed by atoms with Gasteiger partial charge in [0.05, 0.1) is 10.7 Å². The van der Waals surface area contributed by atoms with Crippen LogP contribution >= 0.6 is 11.5 Å². The van der Waals surface area contributed by atoms with Crippen LogP contribution in [0.4, 0.5) is 5.82 Å². The highest BCUT2D eigenvalue weighted by atomic mass is 32.1. The number of carbonyl (C=O) groups is 2. The summed E-state index contributed by atoms with van der Waals surface area (Å²) in [6.07, 6.45) is 1.78. The number of fused-ring (bicyclic) bond motifs is 1. The molecule has 1 aliphatic rings. The molecule has 1 atom stereocenters. The van der Waals surface area contributed by atoms with Gasteiger partial charge in [0.1, 0.15) is 5.82 Å². The van der Waals surface area contributed by atoms with Crippen molar-refractivity contribution in [3.8, 4) is 0 Å². The zero-order chi connectivity index (χ0) is 16.2. The second-order valence-electron chi connectivity index (χ2n) is 5.61. The van der Waals surface area contributed by atoms with Crippen LogP contribution in [-0.2, 0) is 9.59 Å². The zero-order valence-corrected chi connectivity index (χ0v) is 13.9. The Morgan fingerprint density at radius 3 is 3.00 bits per heavy atom. The number of benzene rings is 1. The molecule has 1 fully saturated rings. The molecule has 1 saturated heterocycles. The molecule has 1 aliphatic heterocycles. The lowest BCUT2D eigenvalue weighted by Gasteiger charge is -2.22. The maximum atomic E-state index is 12.4. The number of anilines is 1. The van der Waals surface area contributed by atoms with Crippen LogP contribution in [0.5, 0.6) is 0 Å². The number of hydrogen-bond acceptors (Lipinski definition) is 6. The van der Waals surface area contributed by atoms with Crippen LogP contribution in [0.25, 0.3) is 10.1 Å². The molecule has 6 nitrogen and oxygen atoms in total. The smallest absolute Gasteiger partial charge is 0.246 e. The van der Waals surface area contributed by atoms with E-state index in [4.69, 9.17) is 0 Å². The van der Waals surface area contributed by atoms with Gasteiger partial charge in [0.25, 0.3) is 0 Å². The van der Waals surface area contributed by atoms with Gasteiger partial charge in [-0.05, 0) is 43.1 Å². The van der Waals surface area contributed by atoms with Crippen molar-refractivity contribution in [2.45, 2.75) is 25.8 Å². The molecular formula is C16H20N4O2S. The van der Waals surface area contributed by atoms with Gasteiger partial charge in [-0.2, -0.15) is 4.37 Å². The van der Waals surface area contributed by atoms with E-state index >= 15 is 0 Å². The summed E-state index contributed by atoms with van der Waals surface area (Å²) in [5.41, 5.74) is 0. The van der Waals surface area contributed by atoms with Gasteiger partial charge in [0.2, 0.25) is 11.8 Å². The van der Waals surface area contributed by atoms with Crippen LogP contribution in [-0.4, -0.2) is 46.8 Å². The average molecular weight is 332 g/mol. The normalized spacial score (nSPS) is 17.3. The quantitative estimate of drug-likeness (QED) is 0.874. The van der Waals surface area contributed by atoms with Crippen molar-refractivity contribution < 1.29 is 9.59 Å². The van der Waals surface area contributed by atoms with Gasteiger partial charge >= 0.3 is 0 Å². The number of aromatic nitrogens is 1. The Balaban J connectivity index is 1.61. The summed E-state index contributed by atoms with van der Waals surface area (Å²) < 4.78 is 5.50. The second-order valence-corrected chi connectivity index (χ2v) is 6.42. The van der Waals surface area contributed by atoms with Crippen LogP contribution in [0.2, 0.25) is 0 Å². The fourth-order valence-corrected chi connectivity index (χ4v) is 3.56. The third kappa shape index (κ3) is 3.51. The number of carbonyl (C=O) groups excluding carboxylic acids is 2. The Kier molecular flexibility index (Phi) is 4.88. The molecule has 1 aromatic heterocycles. The fraction of sp³-hybridized carbons (Fsp3) is 0.438. The molecule has 2 heterocycles. The van der Waals surface area contributed by atoms with Gasteiger partial charge in [-0.1, -0.05) is 12.1 Å². The molecule has 3 rings (SSSR count). The fourth-order valence-electron chi connectivity index (χ4n) is 2.81. The maximum absolute atomic E-state index is 12.4. The summed E-state index contributed by atoms with van der Waals surface area (Å²) >= 11 is 1.44. The van der Waals surface area contributed by atoms with Crippen molar-refractivity contribution in [3.05, 3.63) is 24.3 Å².